The molecule has 1 saturated carbocycles. The highest BCUT2D eigenvalue weighted by molar-refractivity contribution is 5.36. The third kappa shape index (κ3) is 1.99. The van der Waals surface area contributed by atoms with E-state index >= 15 is 0 Å². The summed E-state index contributed by atoms with van der Waals surface area (Å²) >= 11 is 0. The Hall–Kier alpha value is -1.81. The van der Waals surface area contributed by atoms with Crippen LogP contribution in [0.25, 0.3) is 5.69 Å². The first-order valence-corrected chi connectivity index (χ1v) is 6.13. The van der Waals surface area contributed by atoms with Crippen LogP contribution in [-0.2, 0) is 13.5 Å². The Morgan fingerprint density at radius 1 is 1.33 bits per heavy atom. The number of aromatic nitrogens is 2. The van der Waals surface area contributed by atoms with Crippen LogP contribution in [0.1, 0.15) is 18.4 Å². The van der Waals surface area contributed by atoms with E-state index in [1.807, 2.05) is 24.3 Å². The molecular weight excluding hydrogens is 228 g/mol. The predicted octanol–water partition coefficient (Wildman–Crippen LogP) is 1.24. The zero-order valence-electron chi connectivity index (χ0n) is 10.3. The highest BCUT2D eigenvalue weighted by atomic mass is 16.3. The van der Waals surface area contributed by atoms with Crippen LogP contribution in [0.3, 0.4) is 0 Å². The average molecular weight is 244 g/mol. The fourth-order valence-corrected chi connectivity index (χ4v) is 2.18. The largest absolute Gasteiger partial charge is 0.390 e. The van der Waals surface area contributed by atoms with Gasteiger partial charge in [0.05, 0.1) is 11.3 Å². The van der Waals surface area contributed by atoms with Gasteiger partial charge in [-0.3, -0.25) is 4.57 Å². The van der Waals surface area contributed by atoms with Gasteiger partial charge in [-0.1, -0.05) is 12.1 Å². The van der Waals surface area contributed by atoms with E-state index in [9.17, 15) is 9.90 Å². The van der Waals surface area contributed by atoms with E-state index in [4.69, 9.17) is 0 Å². The van der Waals surface area contributed by atoms with Crippen molar-refractivity contribution in [1.29, 1.82) is 0 Å². The molecule has 1 N–H and O–H groups in total. The van der Waals surface area contributed by atoms with Crippen LogP contribution < -0.4 is 5.69 Å². The van der Waals surface area contributed by atoms with Gasteiger partial charge in [0.2, 0.25) is 0 Å². The molecule has 0 radical (unpaired) electrons. The minimum atomic E-state index is -0.500. The topological polar surface area (TPSA) is 47.2 Å². The van der Waals surface area contributed by atoms with Gasteiger partial charge in [0.25, 0.3) is 0 Å². The van der Waals surface area contributed by atoms with Gasteiger partial charge in [-0.25, -0.2) is 4.79 Å². The van der Waals surface area contributed by atoms with Crippen molar-refractivity contribution in [2.45, 2.75) is 24.9 Å². The Balaban J connectivity index is 1.95. The Morgan fingerprint density at radius 3 is 2.72 bits per heavy atom. The molecule has 0 unspecified atom stereocenters. The van der Waals surface area contributed by atoms with Crippen molar-refractivity contribution in [3.05, 3.63) is 52.7 Å². The maximum Gasteiger partial charge on any atom is 0.332 e. The molecule has 0 spiro atoms. The zero-order chi connectivity index (χ0) is 12.8. The Morgan fingerprint density at radius 2 is 2.11 bits per heavy atom. The first-order valence-electron chi connectivity index (χ1n) is 6.13. The summed E-state index contributed by atoms with van der Waals surface area (Å²) in [4.78, 5) is 11.9. The van der Waals surface area contributed by atoms with Crippen LogP contribution in [-0.4, -0.2) is 19.8 Å². The van der Waals surface area contributed by atoms with Gasteiger partial charge in [-0.2, -0.15) is 0 Å². The van der Waals surface area contributed by atoms with Crippen molar-refractivity contribution >= 4 is 0 Å². The molecule has 1 fully saturated rings. The molecule has 2 aromatic rings. The molecule has 4 nitrogen and oxygen atoms in total. The van der Waals surface area contributed by atoms with Crippen molar-refractivity contribution in [2.24, 2.45) is 7.05 Å². The Bertz CT molecular complexity index is 635. The second-order valence-electron chi connectivity index (χ2n) is 5.13. The molecule has 1 aliphatic carbocycles. The molecule has 0 atom stereocenters. The molecular formula is C14H16N2O2. The van der Waals surface area contributed by atoms with Crippen LogP contribution in [0.2, 0.25) is 0 Å². The number of rotatable bonds is 3. The van der Waals surface area contributed by atoms with Gasteiger partial charge < -0.3 is 9.67 Å². The zero-order valence-corrected chi connectivity index (χ0v) is 10.3. The van der Waals surface area contributed by atoms with E-state index < -0.39 is 5.60 Å². The lowest BCUT2D eigenvalue weighted by molar-refractivity contribution is 0.151. The molecule has 18 heavy (non-hydrogen) atoms. The maximum absolute atomic E-state index is 11.9. The number of benzene rings is 1. The lowest BCUT2D eigenvalue weighted by Crippen LogP contribution is -2.20. The van der Waals surface area contributed by atoms with E-state index in [1.54, 1.807) is 28.6 Å². The van der Waals surface area contributed by atoms with Gasteiger partial charge in [-0.05, 0) is 30.5 Å². The Labute approximate surface area is 105 Å². The summed E-state index contributed by atoms with van der Waals surface area (Å²) in [6, 6.07) is 7.79. The number of aliphatic hydroxyl groups is 1. The van der Waals surface area contributed by atoms with E-state index in [0.29, 0.717) is 6.42 Å². The number of imidazole rings is 1. The molecule has 0 bridgehead atoms. The third-order valence-corrected chi connectivity index (χ3v) is 3.50. The standard InChI is InChI=1S/C14H16N2O2/c1-15-7-8-16(13(15)17)12-4-2-3-11(9-12)10-14(18)5-6-14/h2-4,7-9,18H,5-6,10H2,1H3. The normalized spacial score (nSPS) is 16.8. The summed E-state index contributed by atoms with van der Waals surface area (Å²) in [6.45, 7) is 0. The van der Waals surface area contributed by atoms with Crippen molar-refractivity contribution in [2.75, 3.05) is 0 Å². The van der Waals surface area contributed by atoms with Crippen molar-refractivity contribution in [3.8, 4) is 5.69 Å². The van der Waals surface area contributed by atoms with Crippen LogP contribution >= 0.6 is 0 Å². The summed E-state index contributed by atoms with van der Waals surface area (Å²) in [7, 11) is 1.73. The molecule has 0 amide bonds. The molecule has 0 saturated heterocycles. The van der Waals surface area contributed by atoms with Gasteiger partial charge in [0.1, 0.15) is 0 Å². The molecule has 0 aliphatic heterocycles. The van der Waals surface area contributed by atoms with Gasteiger partial charge in [-0.15, -0.1) is 0 Å². The highest BCUT2D eigenvalue weighted by Gasteiger charge is 2.40. The first kappa shape index (κ1) is 11.3. The minimum absolute atomic E-state index is 0.0581. The minimum Gasteiger partial charge on any atom is -0.390 e. The SMILES string of the molecule is Cn1ccn(-c2cccc(CC3(O)CC3)c2)c1=O. The van der Waals surface area contributed by atoms with Crippen LogP contribution in [0.15, 0.2) is 41.5 Å². The summed E-state index contributed by atoms with van der Waals surface area (Å²) in [6.07, 6.45) is 5.92. The first-order chi connectivity index (χ1) is 8.57. The van der Waals surface area contributed by atoms with Crippen LogP contribution in [0, 0.1) is 0 Å². The van der Waals surface area contributed by atoms with Gasteiger partial charge >= 0.3 is 5.69 Å². The molecule has 3 rings (SSSR count). The third-order valence-electron chi connectivity index (χ3n) is 3.50. The van der Waals surface area contributed by atoms with Crippen LogP contribution in [0.4, 0.5) is 0 Å². The van der Waals surface area contributed by atoms with E-state index in [2.05, 4.69) is 0 Å². The number of hydrogen-bond donors (Lipinski definition) is 1. The molecule has 1 aromatic carbocycles. The summed E-state index contributed by atoms with van der Waals surface area (Å²) in [5.74, 6) is 0. The second kappa shape index (κ2) is 3.85. The lowest BCUT2D eigenvalue weighted by atomic mass is 10.1. The van der Waals surface area contributed by atoms with Gasteiger partial charge in [0, 0.05) is 25.9 Å². The van der Waals surface area contributed by atoms with Crippen LogP contribution in [0.5, 0.6) is 0 Å². The van der Waals surface area contributed by atoms with Crippen molar-refractivity contribution in [1.82, 2.24) is 9.13 Å². The average Bonchev–Trinajstić information content (AvgIpc) is 2.97. The molecule has 94 valence electrons. The number of hydrogen-bond acceptors (Lipinski definition) is 2. The van der Waals surface area contributed by atoms with Crippen molar-refractivity contribution in [3.63, 3.8) is 0 Å². The predicted molar refractivity (Wildman–Crippen MR) is 68.9 cm³/mol. The number of nitrogens with zero attached hydrogens (tertiary/aromatic N) is 2. The van der Waals surface area contributed by atoms with E-state index in [0.717, 1.165) is 24.1 Å². The quantitative estimate of drug-likeness (QED) is 0.883. The summed E-state index contributed by atoms with van der Waals surface area (Å²) in [5, 5.41) is 9.93. The fraction of sp³-hybridized carbons (Fsp3) is 0.357. The highest BCUT2D eigenvalue weighted by Crippen LogP contribution is 2.38. The maximum atomic E-state index is 11.9. The summed E-state index contributed by atoms with van der Waals surface area (Å²) in [5.41, 5.74) is 1.36. The smallest absolute Gasteiger partial charge is 0.332 e. The van der Waals surface area contributed by atoms with E-state index in [1.165, 1.54) is 0 Å². The van der Waals surface area contributed by atoms with Crippen molar-refractivity contribution < 1.29 is 5.11 Å². The number of aryl methyl sites for hydroxylation is 1. The van der Waals surface area contributed by atoms with Gasteiger partial charge in [0.15, 0.2) is 0 Å². The summed E-state index contributed by atoms with van der Waals surface area (Å²) < 4.78 is 3.15. The lowest BCUT2D eigenvalue weighted by Gasteiger charge is -2.09. The molecule has 4 heteroatoms. The molecule has 1 aromatic heterocycles. The van der Waals surface area contributed by atoms with E-state index in [-0.39, 0.29) is 5.69 Å². The fourth-order valence-electron chi connectivity index (χ4n) is 2.18. The monoisotopic (exact) mass is 244 g/mol. The Kier molecular flexibility index (Phi) is 2.41. The molecule has 1 aliphatic rings. The molecule has 1 heterocycles. The second-order valence-corrected chi connectivity index (χ2v) is 5.13.